The van der Waals surface area contributed by atoms with E-state index in [9.17, 15) is 4.79 Å². The molecule has 0 fully saturated rings. The van der Waals surface area contributed by atoms with Crippen molar-refractivity contribution in [2.75, 3.05) is 0 Å². The van der Waals surface area contributed by atoms with Crippen LogP contribution < -0.4 is 0 Å². The van der Waals surface area contributed by atoms with Crippen molar-refractivity contribution < 1.29 is 9.53 Å². The Labute approximate surface area is 140 Å². The van der Waals surface area contributed by atoms with E-state index in [0.29, 0.717) is 10.6 Å². The van der Waals surface area contributed by atoms with E-state index in [0.717, 1.165) is 9.13 Å². The van der Waals surface area contributed by atoms with Crippen molar-refractivity contribution in [1.29, 1.82) is 0 Å². The van der Waals surface area contributed by atoms with Crippen LogP contribution in [0.2, 0.25) is 5.02 Å². The predicted octanol–water partition coefficient (Wildman–Crippen LogP) is 4.29. The number of hydrogen-bond acceptors (Lipinski definition) is 3. The van der Waals surface area contributed by atoms with Crippen LogP contribution in [0.3, 0.4) is 0 Å². The van der Waals surface area contributed by atoms with Gasteiger partial charge in [-0.2, -0.15) is 0 Å². The molecule has 5 heteroatoms. The van der Waals surface area contributed by atoms with Crippen LogP contribution in [0.5, 0.6) is 0 Å². The lowest BCUT2D eigenvalue weighted by molar-refractivity contribution is -0.129. The Bertz CT molecular complexity index is 783. The summed E-state index contributed by atoms with van der Waals surface area (Å²) in [5.41, 5.74) is 1.81. The van der Waals surface area contributed by atoms with Crippen molar-refractivity contribution in [1.82, 2.24) is 0 Å². The molecule has 1 heterocycles. The topological polar surface area (TPSA) is 38.7 Å². The molecule has 0 bridgehead atoms. The number of carbonyl (C=O) groups is 1. The minimum Gasteiger partial charge on any atom is -0.402 e. The van der Waals surface area contributed by atoms with Crippen molar-refractivity contribution >= 4 is 52.1 Å². The third-order valence-corrected chi connectivity index (χ3v) is 4.23. The molecule has 3 nitrogen and oxygen atoms in total. The monoisotopic (exact) mass is 409 g/mol. The minimum atomic E-state index is -0.468. The molecule has 2 aromatic carbocycles. The van der Waals surface area contributed by atoms with Crippen molar-refractivity contribution in [3.05, 3.63) is 73.9 Å². The summed E-state index contributed by atoms with van der Waals surface area (Å²) in [4.78, 5) is 16.2. The highest BCUT2D eigenvalue weighted by molar-refractivity contribution is 14.1. The highest BCUT2D eigenvalue weighted by Gasteiger charge is 2.25. The summed E-state index contributed by atoms with van der Waals surface area (Å²) < 4.78 is 6.25. The minimum absolute atomic E-state index is 0.239. The third kappa shape index (κ3) is 3.01. The number of hydrogen-bond donors (Lipinski definition) is 0. The first-order chi connectivity index (χ1) is 10.1. The van der Waals surface area contributed by atoms with Crippen LogP contribution in [-0.4, -0.2) is 11.9 Å². The van der Waals surface area contributed by atoms with Gasteiger partial charge in [0.15, 0.2) is 5.70 Å². The van der Waals surface area contributed by atoms with Crippen LogP contribution in [0.4, 0.5) is 0 Å². The van der Waals surface area contributed by atoms with Crippen LogP contribution in [-0.2, 0) is 9.53 Å². The zero-order valence-electron chi connectivity index (χ0n) is 10.7. The van der Waals surface area contributed by atoms with E-state index < -0.39 is 5.97 Å². The van der Waals surface area contributed by atoms with Crippen LogP contribution in [0.1, 0.15) is 11.1 Å². The number of carbonyl (C=O) groups excluding carboxylic acids is 1. The van der Waals surface area contributed by atoms with E-state index in [1.165, 1.54) is 0 Å². The SMILES string of the molecule is O=C1OC(c2ccccc2Cl)=NC1=Cc1ccccc1I. The summed E-state index contributed by atoms with van der Waals surface area (Å²) in [6.45, 7) is 0. The lowest BCUT2D eigenvalue weighted by Crippen LogP contribution is -2.05. The Kier molecular flexibility index (Phi) is 4.07. The van der Waals surface area contributed by atoms with E-state index in [1.54, 1.807) is 18.2 Å². The fraction of sp³-hybridized carbons (Fsp3) is 0. The zero-order chi connectivity index (χ0) is 14.8. The van der Waals surface area contributed by atoms with Gasteiger partial charge in [-0.3, -0.25) is 0 Å². The maximum absolute atomic E-state index is 11.9. The first-order valence-electron chi connectivity index (χ1n) is 6.17. The van der Waals surface area contributed by atoms with Gasteiger partial charge in [0, 0.05) is 3.57 Å². The van der Waals surface area contributed by atoms with E-state index in [2.05, 4.69) is 27.6 Å². The molecule has 0 saturated heterocycles. The number of esters is 1. The molecular weight excluding hydrogens is 401 g/mol. The molecule has 1 aliphatic heterocycles. The van der Waals surface area contributed by atoms with Gasteiger partial charge in [0.05, 0.1) is 10.6 Å². The molecule has 0 N–H and O–H groups in total. The maximum Gasteiger partial charge on any atom is 0.363 e. The second-order valence-electron chi connectivity index (χ2n) is 4.34. The molecule has 0 atom stereocenters. The average molecular weight is 410 g/mol. The number of rotatable bonds is 2. The van der Waals surface area contributed by atoms with Gasteiger partial charge in [0.1, 0.15) is 0 Å². The van der Waals surface area contributed by atoms with E-state index in [1.807, 2.05) is 36.4 Å². The fourth-order valence-corrected chi connectivity index (χ4v) is 2.66. The maximum atomic E-state index is 11.9. The molecule has 0 aromatic heterocycles. The second-order valence-corrected chi connectivity index (χ2v) is 5.91. The van der Waals surface area contributed by atoms with Gasteiger partial charge in [-0.05, 0) is 52.4 Å². The normalized spacial score (nSPS) is 16.0. The third-order valence-electron chi connectivity index (χ3n) is 2.92. The Morgan fingerprint density at radius 3 is 2.57 bits per heavy atom. The van der Waals surface area contributed by atoms with Gasteiger partial charge < -0.3 is 4.74 Å². The second kappa shape index (κ2) is 5.99. The molecule has 104 valence electrons. The molecule has 0 aliphatic carbocycles. The summed E-state index contributed by atoms with van der Waals surface area (Å²) >= 11 is 8.30. The van der Waals surface area contributed by atoms with Crippen molar-refractivity contribution in [3.63, 3.8) is 0 Å². The van der Waals surface area contributed by atoms with Crippen molar-refractivity contribution in [2.45, 2.75) is 0 Å². The summed E-state index contributed by atoms with van der Waals surface area (Å²) in [7, 11) is 0. The number of halogens is 2. The first-order valence-corrected chi connectivity index (χ1v) is 7.63. The average Bonchev–Trinajstić information content (AvgIpc) is 2.83. The standard InChI is InChI=1S/C16H9ClINO2/c17-12-7-3-2-6-11(12)15-19-14(16(20)21-15)9-10-5-1-4-8-13(10)18/h1-9H. The molecule has 1 aliphatic rings. The molecule has 0 saturated carbocycles. The van der Waals surface area contributed by atoms with Gasteiger partial charge in [-0.1, -0.05) is 41.9 Å². The molecule has 21 heavy (non-hydrogen) atoms. The van der Waals surface area contributed by atoms with E-state index >= 15 is 0 Å². The Hall–Kier alpha value is -1.66. The van der Waals surface area contributed by atoms with Crippen molar-refractivity contribution in [3.8, 4) is 0 Å². The van der Waals surface area contributed by atoms with Crippen LogP contribution >= 0.6 is 34.2 Å². The summed E-state index contributed by atoms with van der Waals surface area (Å²) in [6, 6.07) is 14.9. The van der Waals surface area contributed by atoms with E-state index in [4.69, 9.17) is 16.3 Å². The number of benzene rings is 2. The highest BCUT2D eigenvalue weighted by atomic mass is 127. The lowest BCUT2D eigenvalue weighted by atomic mass is 10.2. The number of nitrogens with zero attached hydrogens (tertiary/aromatic N) is 1. The predicted molar refractivity (Wildman–Crippen MR) is 91.2 cm³/mol. The molecular formula is C16H9ClINO2. The molecule has 2 aromatic rings. The molecule has 0 unspecified atom stereocenters. The van der Waals surface area contributed by atoms with E-state index in [-0.39, 0.29) is 11.6 Å². The number of ether oxygens (including phenoxy) is 1. The van der Waals surface area contributed by atoms with Crippen LogP contribution in [0.25, 0.3) is 6.08 Å². The molecule has 3 rings (SSSR count). The Morgan fingerprint density at radius 2 is 1.81 bits per heavy atom. The van der Waals surface area contributed by atoms with Gasteiger partial charge in [0.25, 0.3) is 0 Å². The number of aliphatic imine (C=N–C) groups is 1. The van der Waals surface area contributed by atoms with Crippen LogP contribution in [0, 0.1) is 3.57 Å². The van der Waals surface area contributed by atoms with Gasteiger partial charge in [-0.25, -0.2) is 9.79 Å². The van der Waals surface area contributed by atoms with Crippen LogP contribution in [0.15, 0.2) is 59.2 Å². The van der Waals surface area contributed by atoms with Gasteiger partial charge in [-0.15, -0.1) is 0 Å². The Balaban J connectivity index is 2.00. The van der Waals surface area contributed by atoms with Gasteiger partial charge in [0.2, 0.25) is 5.90 Å². The van der Waals surface area contributed by atoms with Gasteiger partial charge >= 0.3 is 5.97 Å². The Morgan fingerprint density at radius 1 is 1.10 bits per heavy atom. The number of cyclic esters (lactones) is 1. The smallest absolute Gasteiger partial charge is 0.363 e. The lowest BCUT2D eigenvalue weighted by Gasteiger charge is -2.00. The fourth-order valence-electron chi connectivity index (χ4n) is 1.90. The summed E-state index contributed by atoms with van der Waals surface area (Å²) in [5, 5.41) is 0.500. The molecule has 0 spiro atoms. The molecule has 0 radical (unpaired) electrons. The molecule has 0 amide bonds. The summed E-state index contributed by atoms with van der Waals surface area (Å²) in [6.07, 6.45) is 1.72. The largest absolute Gasteiger partial charge is 0.402 e. The first kappa shape index (κ1) is 14.3. The summed E-state index contributed by atoms with van der Waals surface area (Å²) in [5.74, 6) is -0.229. The zero-order valence-corrected chi connectivity index (χ0v) is 13.6. The quantitative estimate of drug-likeness (QED) is 0.422. The van der Waals surface area contributed by atoms with Crippen molar-refractivity contribution in [2.24, 2.45) is 4.99 Å². The highest BCUT2D eigenvalue weighted by Crippen LogP contribution is 2.24.